The Kier molecular flexibility index (Phi) is 5.04. The highest BCUT2D eigenvalue weighted by Gasteiger charge is 2.13. The summed E-state index contributed by atoms with van der Waals surface area (Å²) in [4.78, 5) is 12.0. The minimum atomic E-state index is -0.328. The second-order valence-corrected chi connectivity index (χ2v) is 5.10. The van der Waals surface area contributed by atoms with Crippen LogP contribution in [0, 0.1) is 5.82 Å². The Morgan fingerprint density at radius 1 is 1.19 bits per heavy atom. The highest BCUT2D eigenvalue weighted by atomic mass is 35.5. The maximum absolute atomic E-state index is 12.8. The van der Waals surface area contributed by atoms with Crippen molar-refractivity contribution in [2.24, 2.45) is 0 Å². The molecule has 0 saturated carbocycles. The molecule has 0 saturated heterocycles. The van der Waals surface area contributed by atoms with Gasteiger partial charge in [-0.25, -0.2) is 4.39 Å². The molecule has 0 bridgehead atoms. The second kappa shape index (κ2) is 6.78. The molecule has 0 aliphatic heterocycles. The maximum atomic E-state index is 12.8. The van der Waals surface area contributed by atoms with Crippen LogP contribution in [0.3, 0.4) is 0 Å². The van der Waals surface area contributed by atoms with Gasteiger partial charge >= 0.3 is 0 Å². The van der Waals surface area contributed by atoms with Gasteiger partial charge in [0.25, 0.3) is 5.91 Å². The van der Waals surface area contributed by atoms with Crippen molar-refractivity contribution in [2.75, 3.05) is 7.11 Å². The standard InChI is InChI=1S/C15H12Cl2FNO2/c1-21-14-12(16)6-10(7-13(14)17)15(20)19-8-9-2-4-11(18)5-3-9/h2-7H,8H2,1H3,(H,19,20). The molecule has 6 heteroatoms. The molecular weight excluding hydrogens is 316 g/mol. The second-order valence-electron chi connectivity index (χ2n) is 4.28. The quantitative estimate of drug-likeness (QED) is 0.919. The summed E-state index contributed by atoms with van der Waals surface area (Å²) in [5.41, 5.74) is 1.11. The van der Waals surface area contributed by atoms with Crippen molar-refractivity contribution in [1.29, 1.82) is 0 Å². The van der Waals surface area contributed by atoms with Crippen molar-refractivity contribution >= 4 is 29.1 Å². The van der Waals surface area contributed by atoms with Gasteiger partial charge in [-0.05, 0) is 29.8 Å². The van der Waals surface area contributed by atoms with Crippen LogP contribution in [0.5, 0.6) is 5.75 Å². The first-order chi connectivity index (χ1) is 10.0. The zero-order chi connectivity index (χ0) is 15.4. The lowest BCUT2D eigenvalue weighted by Gasteiger charge is -2.09. The number of ether oxygens (including phenoxy) is 1. The van der Waals surface area contributed by atoms with Crippen molar-refractivity contribution in [3.05, 3.63) is 63.4 Å². The van der Waals surface area contributed by atoms with E-state index in [1.165, 1.54) is 31.4 Å². The summed E-state index contributed by atoms with van der Waals surface area (Å²) in [5, 5.41) is 3.23. The monoisotopic (exact) mass is 327 g/mol. The van der Waals surface area contributed by atoms with Crippen LogP contribution >= 0.6 is 23.2 Å². The fourth-order valence-corrected chi connectivity index (χ4v) is 2.41. The summed E-state index contributed by atoms with van der Waals surface area (Å²) in [6, 6.07) is 8.83. The van der Waals surface area contributed by atoms with Crippen LogP contribution in [-0.4, -0.2) is 13.0 Å². The number of amides is 1. The minimum Gasteiger partial charge on any atom is -0.494 e. The molecular formula is C15H12Cl2FNO2. The van der Waals surface area contributed by atoms with Crippen molar-refractivity contribution in [3.8, 4) is 5.75 Å². The molecule has 0 heterocycles. The van der Waals surface area contributed by atoms with Gasteiger partial charge in [0.2, 0.25) is 0 Å². The predicted octanol–water partition coefficient (Wildman–Crippen LogP) is 4.07. The molecule has 1 N–H and O–H groups in total. The average molecular weight is 328 g/mol. The van der Waals surface area contributed by atoms with Crippen molar-refractivity contribution in [2.45, 2.75) is 6.54 Å². The Morgan fingerprint density at radius 3 is 2.29 bits per heavy atom. The third kappa shape index (κ3) is 3.86. The molecule has 2 aromatic rings. The molecule has 0 spiro atoms. The van der Waals surface area contributed by atoms with Crippen LogP contribution in [0.1, 0.15) is 15.9 Å². The molecule has 2 aromatic carbocycles. The SMILES string of the molecule is COc1c(Cl)cc(C(=O)NCc2ccc(F)cc2)cc1Cl. The van der Waals surface area contributed by atoms with E-state index in [1.807, 2.05) is 0 Å². The number of halogens is 3. The van der Waals surface area contributed by atoms with Crippen molar-refractivity contribution in [3.63, 3.8) is 0 Å². The lowest BCUT2D eigenvalue weighted by molar-refractivity contribution is 0.0951. The van der Waals surface area contributed by atoms with Gasteiger partial charge in [-0.2, -0.15) is 0 Å². The molecule has 0 aliphatic rings. The van der Waals surface area contributed by atoms with E-state index in [0.29, 0.717) is 11.3 Å². The topological polar surface area (TPSA) is 38.3 Å². The first kappa shape index (κ1) is 15.6. The van der Waals surface area contributed by atoms with Gasteiger partial charge in [-0.1, -0.05) is 35.3 Å². The zero-order valence-electron chi connectivity index (χ0n) is 11.1. The Labute approximate surface area is 131 Å². The van der Waals surface area contributed by atoms with E-state index in [4.69, 9.17) is 27.9 Å². The minimum absolute atomic E-state index is 0.261. The third-order valence-corrected chi connectivity index (χ3v) is 3.39. The number of nitrogens with one attached hydrogen (secondary N) is 1. The summed E-state index contributed by atoms with van der Waals surface area (Å²) in [7, 11) is 1.45. The number of carbonyl (C=O) groups is 1. The largest absolute Gasteiger partial charge is 0.494 e. The molecule has 0 aliphatic carbocycles. The molecule has 21 heavy (non-hydrogen) atoms. The van der Waals surface area contributed by atoms with Gasteiger partial charge in [-0.3, -0.25) is 4.79 Å². The summed E-state index contributed by atoms with van der Waals surface area (Å²) < 4.78 is 17.8. The number of carbonyl (C=O) groups excluding carboxylic acids is 1. The highest BCUT2D eigenvalue weighted by Crippen LogP contribution is 2.33. The van der Waals surface area contributed by atoms with Crippen molar-refractivity contribution in [1.82, 2.24) is 5.32 Å². The van der Waals surface area contributed by atoms with E-state index in [-0.39, 0.29) is 28.3 Å². The third-order valence-electron chi connectivity index (χ3n) is 2.83. The lowest BCUT2D eigenvalue weighted by Crippen LogP contribution is -2.22. The molecule has 1 amide bonds. The molecule has 3 nitrogen and oxygen atoms in total. The van der Waals surface area contributed by atoms with Crippen LogP contribution in [0.2, 0.25) is 10.0 Å². The van der Waals surface area contributed by atoms with E-state index in [1.54, 1.807) is 12.1 Å². The van der Waals surface area contributed by atoms with Crippen LogP contribution in [-0.2, 0) is 6.54 Å². The first-order valence-corrected chi connectivity index (χ1v) is 6.82. The molecule has 0 radical (unpaired) electrons. The Morgan fingerprint density at radius 2 is 1.76 bits per heavy atom. The van der Waals surface area contributed by atoms with E-state index in [0.717, 1.165) is 5.56 Å². The van der Waals surface area contributed by atoms with Crippen LogP contribution in [0.4, 0.5) is 4.39 Å². The lowest BCUT2D eigenvalue weighted by atomic mass is 10.2. The Hall–Kier alpha value is -1.78. The van der Waals surface area contributed by atoms with Gasteiger partial charge in [0.15, 0.2) is 5.75 Å². The van der Waals surface area contributed by atoms with Crippen LogP contribution in [0.25, 0.3) is 0 Å². The van der Waals surface area contributed by atoms with Crippen LogP contribution < -0.4 is 10.1 Å². The molecule has 0 aromatic heterocycles. The molecule has 0 unspecified atom stereocenters. The van der Waals surface area contributed by atoms with E-state index < -0.39 is 0 Å². The molecule has 0 fully saturated rings. The molecule has 2 rings (SSSR count). The van der Waals surface area contributed by atoms with Gasteiger partial charge in [0.05, 0.1) is 17.2 Å². The van der Waals surface area contributed by atoms with Gasteiger partial charge in [0.1, 0.15) is 5.82 Å². The zero-order valence-corrected chi connectivity index (χ0v) is 12.6. The highest BCUT2D eigenvalue weighted by molar-refractivity contribution is 6.37. The number of rotatable bonds is 4. The fourth-order valence-electron chi connectivity index (χ4n) is 1.77. The van der Waals surface area contributed by atoms with Gasteiger partial charge in [0, 0.05) is 12.1 Å². The Bertz CT molecular complexity index is 636. The smallest absolute Gasteiger partial charge is 0.251 e. The fraction of sp³-hybridized carbons (Fsp3) is 0.133. The number of methoxy groups -OCH3 is 1. The average Bonchev–Trinajstić information content (AvgIpc) is 2.46. The van der Waals surface area contributed by atoms with Gasteiger partial charge in [-0.15, -0.1) is 0 Å². The first-order valence-electron chi connectivity index (χ1n) is 6.07. The number of hydrogen-bond donors (Lipinski definition) is 1. The summed E-state index contributed by atoms with van der Waals surface area (Å²) in [5.74, 6) is -0.321. The van der Waals surface area contributed by atoms with Crippen LogP contribution in [0.15, 0.2) is 36.4 Å². The Balaban J connectivity index is 2.08. The molecule has 110 valence electrons. The van der Waals surface area contributed by atoms with E-state index in [2.05, 4.69) is 5.32 Å². The van der Waals surface area contributed by atoms with E-state index >= 15 is 0 Å². The number of hydrogen-bond acceptors (Lipinski definition) is 2. The summed E-state index contributed by atoms with van der Waals surface area (Å²) in [6.45, 7) is 0.278. The predicted molar refractivity (Wildman–Crippen MR) is 80.6 cm³/mol. The number of benzene rings is 2. The molecule has 0 atom stereocenters. The summed E-state index contributed by atoms with van der Waals surface area (Å²) in [6.07, 6.45) is 0. The van der Waals surface area contributed by atoms with Crippen molar-refractivity contribution < 1.29 is 13.9 Å². The summed E-state index contributed by atoms with van der Waals surface area (Å²) >= 11 is 12.0. The maximum Gasteiger partial charge on any atom is 0.251 e. The van der Waals surface area contributed by atoms with Gasteiger partial charge < -0.3 is 10.1 Å². The normalized spacial score (nSPS) is 10.3. The van der Waals surface area contributed by atoms with E-state index in [9.17, 15) is 9.18 Å².